The highest BCUT2D eigenvalue weighted by molar-refractivity contribution is 7.98. The molecule has 0 radical (unpaired) electrons. The van der Waals surface area contributed by atoms with Crippen LogP contribution < -0.4 is 5.32 Å². The number of rotatable bonds is 4. The van der Waals surface area contributed by atoms with Crippen molar-refractivity contribution in [2.75, 3.05) is 25.4 Å². The van der Waals surface area contributed by atoms with Crippen LogP contribution in [0.15, 0.2) is 24.3 Å². The predicted octanol–water partition coefficient (Wildman–Crippen LogP) is 2.58. The van der Waals surface area contributed by atoms with Gasteiger partial charge in [0.25, 0.3) is 0 Å². The molecule has 1 atom stereocenters. The first kappa shape index (κ1) is 14.0. The number of amides is 1. The van der Waals surface area contributed by atoms with E-state index in [9.17, 15) is 4.79 Å². The third-order valence-corrected chi connectivity index (χ3v) is 5.25. The number of nitrogens with zero attached hydrogens (tertiary/aromatic N) is 1. The van der Waals surface area contributed by atoms with Gasteiger partial charge in [0.1, 0.15) is 0 Å². The van der Waals surface area contributed by atoms with Gasteiger partial charge in [-0.25, -0.2) is 0 Å². The summed E-state index contributed by atoms with van der Waals surface area (Å²) in [4.78, 5) is 14.0. The molecule has 0 aliphatic carbocycles. The quantitative estimate of drug-likeness (QED) is 0.925. The first-order valence-electron chi connectivity index (χ1n) is 7.51. The lowest BCUT2D eigenvalue weighted by Crippen LogP contribution is -2.33. The second kappa shape index (κ2) is 6.64. The molecule has 0 saturated carbocycles. The molecular weight excluding hydrogens is 268 g/mol. The third-order valence-electron chi connectivity index (χ3n) is 4.16. The van der Waals surface area contributed by atoms with Crippen LogP contribution in [0.25, 0.3) is 0 Å². The van der Waals surface area contributed by atoms with Crippen LogP contribution >= 0.6 is 11.8 Å². The number of carbonyl (C=O) groups excluding carboxylic acids is 1. The van der Waals surface area contributed by atoms with Crippen molar-refractivity contribution in [3.05, 3.63) is 35.4 Å². The monoisotopic (exact) mass is 290 g/mol. The van der Waals surface area contributed by atoms with E-state index in [1.54, 1.807) is 0 Å². The minimum atomic E-state index is 0.312. The summed E-state index contributed by atoms with van der Waals surface area (Å²) in [6.07, 6.45) is 2.97. The Hall–Kier alpha value is -1.00. The number of nitrogens with one attached hydrogen (secondary N) is 1. The number of benzene rings is 1. The second-order valence-electron chi connectivity index (χ2n) is 5.56. The summed E-state index contributed by atoms with van der Waals surface area (Å²) in [6.45, 7) is 2.71. The Labute approximate surface area is 125 Å². The fourth-order valence-electron chi connectivity index (χ4n) is 3.03. The predicted molar refractivity (Wildman–Crippen MR) is 83.8 cm³/mol. The van der Waals surface area contributed by atoms with Gasteiger partial charge < -0.3 is 10.2 Å². The standard InChI is InChI=1S/C16H22N2OS/c19-16(18-9-3-4-10-18)7-8-17-15-12-20-11-13-5-1-2-6-14(13)15/h1-2,5-6,15,17H,3-4,7-12H2. The minimum absolute atomic E-state index is 0.312. The van der Waals surface area contributed by atoms with E-state index in [4.69, 9.17) is 0 Å². The number of thioether (sulfide) groups is 1. The highest BCUT2D eigenvalue weighted by Crippen LogP contribution is 2.31. The van der Waals surface area contributed by atoms with Crippen LogP contribution in [0.2, 0.25) is 0 Å². The second-order valence-corrected chi connectivity index (χ2v) is 6.59. The minimum Gasteiger partial charge on any atom is -0.343 e. The van der Waals surface area contributed by atoms with Crippen molar-refractivity contribution in [1.82, 2.24) is 10.2 Å². The molecule has 108 valence electrons. The van der Waals surface area contributed by atoms with E-state index >= 15 is 0 Å². The first-order chi connectivity index (χ1) is 9.84. The molecule has 4 heteroatoms. The first-order valence-corrected chi connectivity index (χ1v) is 8.67. The smallest absolute Gasteiger partial charge is 0.223 e. The van der Waals surface area contributed by atoms with E-state index in [1.807, 2.05) is 16.7 Å². The summed E-state index contributed by atoms with van der Waals surface area (Å²) in [6, 6.07) is 9.05. The van der Waals surface area contributed by atoms with Crippen molar-refractivity contribution in [2.24, 2.45) is 0 Å². The molecule has 1 aromatic carbocycles. The zero-order valence-electron chi connectivity index (χ0n) is 11.8. The molecular formula is C16H22N2OS. The Morgan fingerprint density at radius 3 is 2.95 bits per heavy atom. The summed E-state index contributed by atoms with van der Waals surface area (Å²) in [5.41, 5.74) is 2.85. The number of likely N-dealkylation sites (tertiary alicyclic amines) is 1. The van der Waals surface area contributed by atoms with Crippen molar-refractivity contribution in [1.29, 1.82) is 0 Å². The van der Waals surface area contributed by atoms with Gasteiger partial charge in [-0.15, -0.1) is 0 Å². The molecule has 1 N–H and O–H groups in total. The van der Waals surface area contributed by atoms with Gasteiger partial charge in [0.2, 0.25) is 5.91 Å². The molecule has 2 heterocycles. The molecule has 0 spiro atoms. The van der Waals surface area contributed by atoms with Crippen molar-refractivity contribution >= 4 is 17.7 Å². The maximum atomic E-state index is 12.0. The van der Waals surface area contributed by atoms with Gasteiger partial charge in [-0.05, 0) is 24.0 Å². The normalized spacial score (nSPS) is 21.8. The van der Waals surface area contributed by atoms with Gasteiger partial charge in [-0.3, -0.25) is 4.79 Å². The number of fused-ring (bicyclic) bond motifs is 1. The molecule has 1 fully saturated rings. The van der Waals surface area contributed by atoms with Crippen molar-refractivity contribution in [3.63, 3.8) is 0 Å². The molecule has 2 aliphatic heterocycles. The van der Waals surface area contributed by atoms with Crippen LogP contribution in [-0.4, -0.2) is 36.2 Å². The lowest BCUT2D eigenvalue weighted by Gasteiger charge is -2.26. The van der Waals surface area contributed by atoms with Crippen LogP contribution in [-0.2, 0) is 10.5 Å². The highest BCUT2D eigenvalue weighted by Gasteiger charge is 2.21. The van der Waals surface area contributed by atoms with Gasteiger partial charge in [0.15, 0.2) is 0 Å². The highest BCUT2D eigenvalue weighted by atomic mass is 32.2. The molecule has 2 aliphatic rings. The Bertz CT molecular complexity index is 471. The fourth-order valence-corrected chi connectivity index (χ4v) is 4.16. The van der Waals surface area contributed by atoms with Crippen molar-refractivity contribution in [3.8, 4) is 0 Å². The molecule has 1 saturated heterocycles. The van der Waals surface area contributed by atoms with Crippen molar-refractivity contribution in [2.45, 2.75) is 31.1 Å². The average molecular weight is 290 g/mol. The molecule has 3 nitrogen and oxygen atoms in total. The SMILES string of the molecule is O=C(CCNC1CSCc2ccccc21)N1CCCC1. The largest absolute Gasteiger partial charge is 0.343 e. The van der Waals surface area contributed by atoms with Crippen molar-refractivity contribution < 1.29 is 4.79 Å². The Balaban J connectivity index is 1.50. The number of hydrogen-bond acceptors (Lipinski definition) is 3. The topological polar surface area (TPSA) is 32.3 Å². The van der Waals surface area contributed by atoms with E-state index in [0.29, 0.717) is 18.4 Å². The van der Waals surface area contributed by atoms with E-state index in [1.165, 1.54) is 24.0 Å². The molecule has 1 aromatic rings. The summed E-state index contributed by atoms with van der Waals surface area (Å²) >= 11 is 1.97. The summed E-state index contributed by atoms with van der Waals surface area (Å²) in [5.74, 6) is 2.53. The Kier molecular flexibility index (Phi) is 4.63. The molecule has 1 amide bonds. The number of carbonyl (C=O) groups is 1. The molecule has 3 rings (SSSR count). The van der Waals surface area contributed by atoms with E-state index < -0.39 is 0 Å². The van der Waals surface area contributed by atoms with E-state index in [-0.39, 0.29) is 0 Å². The van der Waals surface area contributed by atoms with Crippen LogP contribution in [0, 0.1) is 0 Å². The summed E-state index contributed by atoms with van der Waals surface area (Å²) in [5, 5.41) is 3.56. The molecule has 0 aromatic heterocycles. The summed E-state index contributed by atoms with van der Waals surface area (Å²) in [7, 11) is 0. The van der Waals surface area contributed by atoms with Gasteiger partial charge in [-0.1, -0.05) is 24.3 Å². The molecule has 1 unspecified atom stereocenters. The lowest BCUT2D eigenvalue weighted by molar-refractivity contribution is -0.130. The molecule has 20 heavy (non-hydrogen) atoms. The Morgan fingerprint density at radius 1 is 1.30 bits per heavy atom. The van der Waals surface area contributed by atoms with Crippen LogP contribution in [0.3, 0.4) is 0 Å². The Morgan fingerprint density at radius 2 is 2.10 bits per heavy atom. The van der Waals surface area contributed by atoms with E-state index in [2.05, 4.69) is 29.6 Å². The maximum Gasteiger partial charge on any atom is 0.223 e. The fraction of sp³-hybridized carbons (Fsp3) is 0.562. The van der Waals surface area contributed by atoms with Gasteiger partial charge in [-0.2, -0.15) is 11.8 Å². The lowest BCUT2D eigenvalue weighted by atomic mass is 10.0. The van der Waals surface area contributed by atoms with Crippen LogP contribution in [0.5, 0.6) is 0 Å². The maximum absolute atomic E-state index is 12.0. The van der Waals surface area contributed by atoms with Crippen LogP contribution in [0.1, 0.15) is 36.4 Å². The van der Waals surface area contributed by atoms with Gasteiger partial charge >= 0.3 is 0 Å². The summed E-state index contributed by atoms with van der Waals surface area (Å²) < 4.78 is 0. The average Bonchev–Trinajstić information content (AvgIpc) is 3.02. The zero-order valence-corrected chi connectivity index (χ0v) is 12.6. The third kappa shape index (κ3) is 3.18. The zero-order chi connectivity index (χ0) is 13.8. The van der Waals surface area contributed by atoms with Gasteiger partial charge in [0, 0.05) is 43.6 Å². The molecule has 0 bridgehead atoms. The number of hydrogen-bond donors (Lipinski definition) is 1. The van der Waals surface area contributed by atoms with Gasteiger partial charge in [0.05, 0.1) is 0 Å². The van der Waals surface area contributed by atoms with Crippen LogP contribution in [0.4, 0.5) is 0 Å². The van der Waals surface area contributed by atoms with E-state index in [0.717, 1.165) is 31.1 Å².